The van der Waals surface area contributed by atoms with Crippen molar-refractivity contribution in [2.24, 2.45) is 5.73 Å². The third kappa shape index (κ3) is 2.86. The van der Waals surface area contributed by atoms with E-state index in [-0.39, 0.29) is 0 Å². The number of nitrogens with two attached hydrogens (primary N) is 1. The van der Waals surface area contributed by atoms with Crippen molar-refractivity contribution in [2.45, 2.75) is 6.04 Å². The lowest BCUT2D eigenvalue weighted by molar-refractivity contribution is -0.120. The van der Waals surface area contributed by atoms with E-state index < -0.39 is 27.9 Å². The van der Waals surface area contributed by atoms with Crippen molar-refractivity contribution < 1.29 is 17.8 Å². The Hall–Kier alpha value is -1.34. The minimum absolute atomic E-state index is 0.651. The predicted molar refractivity (Wildman–Crippen MR) is 49.5 cm³/mol. The van der Waals surface area contributed by atoms with Crippen molar-refractivity contribution in [2.75, 3.05) is 5.88 Å². The van der Waals surface area contributed by atoms with Crippen LogP contribution < -0.4 is 5.73 Å². The molecular formula is C7H10N2O4S. The quantitative estimate of drug-likeness (QED) is 0.596. The molecule has 0 aromatic rings. The van der Waals surface area contributed by atoms with E-state index in [1.165, 1.54) is 12.3 Å². The molecule has 1 heterocycles. The van der Waals surface area contributed by atoms with Crippen molar-refractivity contribution in [3.63, 3.8) is 0 Å². The average molecular weight is 218 g/mol. The summed E-state index contributed by atoms with van der Waals surface area (Å²) in [5.74, 6) is -1.32. The Morgan fingerprint density at radius 2 is 2.14 bits per heavy atom. The molecule has 1 atom stereocenters. The zero-order valence-corrected chi connectivity index (χ0v) is 8.02. The van der Waals surface area contributed by atoms with E-state index in [2.05, 4.69) is 0 Å². The molecular weight excluding hydrogens is 208 g/mol. The molecule has 6 nitrogen and oxygen atoms in total. The number of carbonyl (C=O) groups is 1. The fourth-order valence-electron chi connectivity index (χ4n) is 1.10. The van der Waals surface area contributed by atoms with Gasteiger partial charge in [0.05, 0.1) is 0 Å². The van der Waals surface area contributed by atoms with Gasteiger partial charge in [0, 0.05) is 6.20 Å². The van der Waals surface area contributed by atoms with Crippen LogP contribution in [0.25, 0.3) is 0 Å². The van der Waals surface area contributed by atoms with Gasteiger partial charge < -0.3 is 10.6 Å². The van der Waals surface area contributed by atoms with E-state index >= 15 is 0 Å². The minimum Gasteiger partial charge on any atom is -0.368 e. The standard InChI is InChI=1S/C7H10N2O4S/c8-7(10)6-3-1-2-4-9(6)5-14(11,12)13/h1-4,6H,5H2,(H2,8,10)(H,11,12,13). The minimum atomic E-state index is -4.16. The Morgan fingerprint density at radius 3 is 2.64 bits per heavy atom. The molecule has 78 valence electrons. The number of primary amides is 1. The third-order valence-corrected chi connectivity index (χ3v) is 2.27. The molecule has 0 spiro atoms. The lowest BCUT2D eigenvalue weighted by atomic mass is 10.2. The molecule has 0 saturated carbocycles. The highest BCUT2D eigenvalue weighted by Gasteiger charge is 2.23. The van der Waals surface area contributed by atoms with Gasteiger partial charge in [-0.1, -0.05) is 12.2 Å². The summed E-state index contributed by atoms with van der Waals surface area (Å²) in [4.78, 5) is 12.0. The highest BCUT2D eigenvalue weighted by atomic mass is 32.2. The fourth-order valence-corrected chi connectivity index (χ4v) is 1.73. The summed E-state index contributed by atoms with van der Waals surface area (Å²) in [5, 5.41) is 0. The maximum Gasteiger partial charge on any atom is 0.283 e. The topological polar surface area (TPSA) is 101 Å². The third-order valence-electron chi connectivity index (χ3n) is 1.64. The van der Waals surface area contributed by atoms with E-state index in [1.807, 2.05) is 0 Å². The molecule has 7 heteroatoms. The monoisotopic (exact) mass is 218 g/mol. The summed E-state index contributed by atoms with van der Waals surface area (Å²) in [6.07, 6.45) is 5.96. The van der Waals surface area contributed by atoms with Crippen LogP contribution in [0.2, 0.25) is 0 Å². The molecule has 14 heavy (non-hydrogen) atoms. The van der Waals surface area contributed by atoms with E-state index in [4.69, 9.17) is 10.3 Å². The summed E-state index contributed by atoms with van der Waals surface area (Å²) >= 11 is 0. The summed E-state index contributed by atoms with van der Waals surface area (Å²) in [6.45, 7) is 0. The second-order valence-electron chi connectivity index (χ2n) is 2.80. The molecule has 1 unspecified atom stereocenters. The zero-order chi connectivity index (χ0) is 10.8. The summed E-state index contributed by atoms with van der Waals surface area (Å²) in [7, 11) is -4.16. The first-order valence-corrected chi connectivity index (χ1v) is 5.36. The van der Waals surface area contributed by atoms with Crippen LogP contribution in [0.1, 0.15) is 0 Å². The molecule has 0 saturated heterocycles. The van der Waals surface area contributed by atoms with Crippen molar-refractivity contribution >= 4 is 16.0 Å². The van der Waals surface area contributed by atoms with Crippen molar-refractivity contribution in [3.8, 4) is 0 Å². The van der Waals surface area contributed by atoms with Gasteiger partial charge in [-0.15, -0.1) is 0 Å². The number of nitrogens with zero attached hydrogens (tertiary/aromatic N) is 1. The normalized spacial score (nSPS) is 21.2. The largest absolute Gasteiger partial charge is 0.368 e. The molecule has 0 radical (unpaired) electrons. The molecule has 1 rings (SSSR count). The first kappa shape index (κ1) is 10.7. The maximum atomic E-state index is 10.9. The molecule has 0 aromatic heterocycles. The molecule has 0 aromatic carbocycles. The highest BCUT2D eigenvalue weighted by molar-refractivity contribution is 7.85. The van der Waals surface area contributed by atoms with E-state index in [0.717, 1.165) is 4.90 Å². The van der Waals surface area contributed by atoms with Gasteiger partial charge >= 0.3 is 0 Å². The van der Waals surface area contributed by atoms with E-state index in [0.29, 0.717) is 0 Å². The van der Waals surface area contributed by atoms with Crippen LogP contribution in [-0.2, 0) is 14.9 Å². The molecule has 1 aliphatic rings. The van der Waals surface area contributed by atoms with Crippen molar-refractivity contribution in [1.29, 1.82) is 0 Å². The maximum absolute atomic E-state index is 10.9. The summed E-state index contributed by atoms with van der Waals surface area (Å²) in [5.41, 5.74) is 5.03. The molecule has 0 bridgehead atoms. The number of amides is 1. The van der Waals surface area contributed by atoms with Crippen molar-refractivity contribution in [1.82, 2.24) is 4.90 Å². The lowest BCUT2D eigenvalue weighted by Gasteiger charge is -2.26. The van der Waals surface area contributed by atoms with Crippen LogP contribution in [0, 0.1) is 0 Å². The Morgan fingerprint density at radius 1 is 1.50 bits per heavy atom. The molecule has 0 fully saturated rings. The Bertz CT molecular complexity index is 384. The van der Waals surface area contributed by atoms with Gasteiger partial charge in [-0.25, -0.2) is 0 Å². The molecule has 3 N–H and O–H groups in total. The van der Waals surface area contributed by atoms with Crippen LogP contribution in [0.5, 0.6) is 0 Å². The van der Waals surface area contributed by atoms with Gasteiger partial charge in [-0.05, 0) is 6.08 Å². The summed E-state index contributed by atoms with van der Waals surface area (Å²) < 4.78 is 29.7. The zero-order valence-electron chi connectivity index (χ0n) is 7.20. The van der Waals surface area contributed by atoms with E-state index in [1.54, 1.807) is 12.2 Å². The number of carbonyl (C=O) groups excluding carboxylic acids is 1. The second-order valence-corrected chi connectivity index (χ2v) is 4.22. The smallest absolute Gasteiger partial charge is 0.283 e. The molecule has 0 aliphatic carbocycles. The van der Waals surface area contributed by atoms with Crippen LogP contribution >= 0.6 is 0 Å². The Kier molecular flexibility index (Phi) is 2.92. The van der Waals surface area contributed by atoms with Crippen LogP contribution in [0.15, 0.2) is 24.4 Å². The van der Waals surface area contributed by atoms with Crippen LogP contribution in [-0.4, -0.2) is 35.7 Å². The SMILES string of the molecule is NC(=O)C1C=CC=CN1CS(=O)(=O)O. The Balaban J connectivity index is 2.82. The lowest BCUT2D eigenvalue weighted by Crippen LogP contribution is -2.43. The van der Waals surface area contributed by atoms with Gasteiger partial charge in [0.15, 0.2) is 0 Å². The van der Waals surface area contributed by atoms with E-state index in [9.17, 15) is 13.2 Å². The van der Waals surface area contributed by atoms with Crippen molar-refractivity contribution in [3.05, 3.63) is 24.4 Å². The number of allylic oxidation sites excluding steroid dienone is 2. The molecule has 1 amide bonds. The van der Waals surface area contributed by atoms with Gasteiger partial charge in [0.2, 0.25) is 5.91 Å². The average Bonchev–Trinajstić information content (AvgIpc) is 2.01. The number of hydrogen-bond donors (Lipinski definition) is 2. The van der Waals surface area contributed by atoms with Gasteiger partial charge in [0.25, 0.3) is 10.1 Å². The second kappa shape index (κ2) is 3.81. The summed E-state index contributed by atoms with van der Waals surface area (Å²) in [6, 6.07) is -0.832. The van der Waals surface area contributed by atoms with Crippen LogP contribution in [0.3, 0.4) is 0 Å². The van der Waals surface area contributed by atoms with Crippen LogP contribution in [0.4, 0.5) is 0 Å². The fraction of sp³-hybridized carbons (Fsp3) is 0.286. The van der Waals surface area contributed by atoms with Gasteiger partial charge in [-0.2, -0.15) is 8.42 Å². The molecule has 1 aliphatic heterocycles. The predicted octanol–water partition coefficient (Wildman–Crippen LogP) is -0.929. The number of hydrogen-bond acceptors (Lipinski definition) is 4. The Labute approximate surface area is 81.4 Å². The first-order chi connectivity index (χ1) is 6.40. The number of rotatable bonds is 3. The van der Waals surface area contributed by atoms with Gasteiger partial charge in [0.1, 0.15) is 11.9 Å². The first-order valence-electron chi connectivity index (χ1n) is 3.75. The van der Waals surface area contributed by atoms with Gasteiger partial charge in [-0.3, -0.25) is 9.35 Å². The highest BCUT2D eigenvalue weighted by Crippen LogP contribution is 2.09.